The molecule has 23 heavy (non-hydrogen) atoms. The molecule has 0 saturated heterocycles. The van der Waals surface area contributed by atoms with Crippen molar-refractivity contribution in [3.63, 3.8) is 0 Å². The third-order valence-electron chi connectivity index (χ3n) is 3.51. The Morgan fingerprint density at radius 1 is 1.00 bits per heavy atom. The number of carbonyl (C=O) groups is 2. The van der Waals surface area contributed by atoms with Gasteiger partial charge in [0.1, 0.15) is 0 Å². The normalized spacial score (nSPS) is 11.7. The summed E-state index contributed by atoms with van der Waals surface area (Å²) in [5.41, 5.74) is 1.89. The highest BCUT2D eigenvalue weighted by atomic mass is 79.9. The van der Waals surface area contributed by atoms with E-state index in [-0.39, 0.29) is 12.3 Å². The maximum Gasteiger partial charge on any atom is 0.307 e. The molecule has 1 unspecified atom stereocenters. The third kappa shape index (κ3) is 5.87. The van der Waals surface area contributed by atoms with E-state index < -0.39 is 11.9 Å². The zero-order valence-corrected chi connectivity index (χ0v) is 14.1. The monoisotopic (exact) mass is 375 g/mol. The van der Waals surface area contributed by atoms with Gasteiger partial charge in [-0.3, -0.25) is 9.59 Å². The minimum atomic E-state index is -0.956. The van der Waals surface area contributed by atoms with Crippen LogP contribution in [0.15, 0.2) is 59.1 Å². The molecule has 0 bridgehead atoms. The average Bonchev–Trinajstić information content (AvgIpc) is 2.55. The third-order valence-corrected chi connectivity index (χ3v) is 4.04. The number of hydrogen-bond acceptors (Lipinski definition) is 2. The number of amides is 1. The maximum atomic E-state index is 12.0. The van der Waals surface area contributed by atoms with E-state index in [2.05, 4.69) is 21.2 Å². The molecule has 0 saturated carbocycles. The Balaban J connectivity index is 1.89. The van der Waals surface area contributed by atoms with Crippen LogP contribution in [-0.4, -0.2) is 17.0 Å². The summed E-state index contributed by atoms with van der Waals surface area (Å²) in [5.74, 6) is -1.94. The lowest BCUT2D eigenvalue weighted by molar-refractivity contribution is -0.144. The molecule has 0 radical (unpaired) electrons. The summed E-state index contributed by atoms with van der Waals surface area (Å²) in [6.45, 7) is 0.407. The topological polar surface area (TPSA) is 66.4 Å². The van der Waals surface area contributed by atoms with Gasteiger partial charge in [-0.1, -0.05) is 58.4 Å². The minimum Gasteiger partial charge on any atom is -0.481 e. The molecule has 0 aliphatic rings. The lowest BCUT2D eigenvalue weighted by atomic mass is 9.96. The van der Waals surface area contributed by atoms with Crippen molar-refractivity contribution in [1.82, 2.24) is 5.32 Å². The van der Waals surface area contributed by atoms with Crippen LogP contribution in [-0.2, 0) is 22.6 Å². The molecule has 1 atom stereocenters. The molecule has 2 aromatic rings. The van der Waals surface area contributed by atoms with E-state index in [0.717, 1.165) is 15.6 Å². The number of carbonyl (C=O) groups excluding carboxylic acids is 1. The Hall–Kier alpha value is -2.14. The molecule has 0 aliphatic heterocycles. The standard InChI is InChI=1S/C18H18BrNO3/c19-16-8-6-13(7-9-16)10-15(18(22)23)11-17(21)20-12-14-4-2-1-3-5-14/h1-9,15H,10-12H2,(H,20,21)(H,22,23). The van der Waals surface area contributed by atoms with Crippen LogP contribution in [0, 0.1) is 5.92 Å². The summed E-state index contributed by atoms with van der Waals surface area (Å²) in [6, 6.07) is 17.0. The predicted octanol–water partition coefficient (Wildman–Crippen LogP) is 3.40. The highest BCUT2D eigenvalue weighted by Gasteiger charge is 2.21. The molecule has 2 aromatic carbocycles. The van der Waals surface area contributed by atoms with Crippen LogP contribution in [0.4, 0.5) is 0 Å². The van der Waals surface area contributed by atoms with Gasteiger partial charge in [0, 0.05) is 17.4 Å². The second-order valence-corrected chi connectivity index (χ2v) is 6.25. The minimum absolute atomic E-state index is 0.0295. The fraction of sp³-hybridized carbons (Fsp3) is 0.222. The van der Waals surface area contributed by atoms with E-state index in [1.165, 1.54) is 0 Å². The van der Waals surface area contributed by atoms with Gasteiger partial charge >= 0.3 is 5.97 Å². The van der Waals surface area contributed by atoms with Gasteiger partial charge in [-0.25, -0.2) is 0 Å². The molecule has 2 rings (SSSR count). The summed E-state index contributed by atoms with van der Waals surface area (Å²) < 4.78 is 0.939. The first-order valence-corrected chi connectivity index (χ1v) is 8.12. The first-order chi connectivity index (χ1) is 11.0. The van der Waals surface area contributed by atoms with Gasteiger partial charge in [0.25, 0.3) is 0 Å². The predicted molar refractivity (Wildman–Crippen MR) is 91.9 cm³/mol. The van der Waals surface area contributed by atoms with Crippen molar-refractivity contribution in [3.8, 4) is 0 Å². The van der Waals surface area contributed by atoms with E-state index in [1.807, 2.05) is 54.6 Å². The van der Waals surface area contributed by atoms with E-state index >= 15 is 0 Å². The lowest BCUT2D eigenvalue weighted by Crippen LogP contribution is -2.29. The molecule has 4 nitrogen and oxygen atoms in total. The molecule has 120 valence electrons. The summed E-state index contributed by atoms with van der Waals surface area (Å²) in [4.78, 5) is 23.4. The fourth-order valence-electron chi connectivity index (χ4n) is 2.24. The van der Waals surface area contributed by atoms with Gasteiger partial charge in [-0.2, -0.15) is 0 Å². The van der Waals surface area contributed by atoms with Gasteiger partial charge in [-0.15, -0.1) is 0 Å². The Labute approximate surface area is 143 Å². The van der Waals surface area contributed by atoms with Gasteiger partial charge in [0.05, 0.1) is 5.92 Å². The molecule has 0 aliphatic carbocycles. The van der Waals surface area contributed by atoms with Crippen molar-refractivity contribution in [1.29, 1.82) is 0 Å². The molecular weight excluding hydrogens is 358 g/mol. The number of nitrogens with one attached hydrogen (secondary N) is 1. The Morgan fingerprint density at radius 2 is 1.65 bits per heavy atom. The zero-order valence-electron chi connectivity index (χ0n) is 12.5. The number of aliphatic carboxylic acids is 1. The molecule has 5 heteroatoms. The summed E-state index contributed by atoms with van der Waals surface area (Å²) in [7, 11) is 0. The number of benzene rings is 2. The van der Waals surface area contributed by atoms with E-state index in [9.17, 15) is 14.7 Å². The molecule has 0 fully saturated rings. The van der Waals surface area contributed by atoms with Crippen molar-refractivity contribution in [3.05, 3.63) is 70.2 Å². The van der Waals surface area contributed by atoms with Crippen LogP contribution in [0.3, 0.4) is 0 Å². The first kappa shape index (κ1) is 17.2. The Kier molecular flexibility index (Phi) is 6.35. The van der Waals surface area contributed by atoms with E-state index in [4.69, 9.17) is 0 Å². The zero-order chi connectivity index (χ0) is 16.7. The number of carboxylic acids is 1. The number of halogens is 1. The maximum absolute atomic E-state index is 12.0. The van der Waals surface area contributed by atoms with Crippen molar-refractivity contribution in [2.45, 2.75) is 19.4 Å². The quantitative estimate of drug-likeness (QED) is 0.779. The van der Waals surface area contributed by atoms with Crippen molar-refractivity contribution < 1.29 is 14.7 Å². The van der Waals surface area contributed by atoms with Crippen LogP contribution in [0.25, 0.3) is 0 Å². The van der Waals surface area contributed by atoms with Crippen molar-refractivity contribution >= 4 is 27.8 Å². The molecule has 2 N–H and O–H groups in total. The summed E-state index contributed by atoms with van der Waals surface area (Å²) >= 11 is 3.34. The van der Waals surface area contributed by atoms with Gasteiger partial charge in [-0.05, 0) is 29.7 Å². The highest BCUT2D eigenvalue weighted by Crippen LogP contribution is 2.16. The second kappa shape index (κ2) is 8.48. The molecule has 0 heterocycles. The van der Waals surface area contributed by atoms with Crippen LogP contribution in [0.2, 0.25) is 0 Å². The van der Waals surface area contributed by atoms with Crippen LogP contribution < -0.4 is 5.32 Å². The lowest BCUT2D eigenvalue weighted by Gasteiger charge is -2.13. The molecular formula is C18H18BrNO3. The number of rotatable bonds is 7. The SMILES string of the molecule is O=C(CC(Cc1ccc(Br)cc1)C(=O)O)NCc1ccccc1. The Bertz CT molecular complexity index is 656. The molecule has 0 aromatic heterocycles. The van der Waals surface area contributed by atoms with Gasteiger partial charge in [0.15, 0.2) is 0 Å². The van der Waals surface area contributed by atoms with Crippen molar-refractivity contribution in [2.75, 3.05) is 0 Å². The Morgan fingerprint density at radius 3 is 2.26 bits per heavy atom. The summed E-state index contributed by atoms with van der Waals surface area (Å²) in [6.07, 6.45) is 0.305. The summed E-state index contributed by atoms with van der Waals surface area (Å²) in [5, 5.41) is 12.1. The smallest absolute Gasteiger partial charge is 0.307 e. The van der Waals surface area contributed by atoms with Crippen LogP contribution in [0.5, 0.6) is 0 Å². The van der Waals surface area contributed by atoms with E-state index in [1.54, 1.807) is 0 Å². The molecule has 0 spiro atoms. The second-order valence-electron chi connectivity index (χ2n) is 5.33. The largest absolute Gasteiger partial charge is 0.481 e. The van der Waals surface area contributed by atoms with Crippen molar-refractivity contribution in [2.24, 2.45) is 5.92 Å². The fourth-order valence-corrected chi connectivity index (χ4v) is 2.51. The highest BCUT2D eigenvalue weighted by molar-refractivity contribution is 9.10. The average molecular weight is 376 g/mol. The number of carboxylic acid groups (broad SMARTS) is 1. The molecule has 1 amide bonds. The van der Waals surface area contributed by atoms with Crippen LogP contribution >= 0.6 is 15.9 Å². The van der Waals surface area contributed by atoms with Gasteiger partial charge in [0.2, 0.25) is 5.91 Å². The van der Waals surface area contributed by atoms with Gasteiger partial charge < -0.3 is 10.4 Å². The first-order valence-electron chi connectivity index (χ1n) is 7.32. The van der Waals surface area contributed by atoms with Crippen LogP contribution in [0.1, 0.15) is 17.5 Å². The van der Waals surface area contributed by atoms with E-state index in [0.29, 0.717) is 13.0 Å². The number of hydrogen-bond donors (Lipinski definition) is 2.